The van der Waals surface area contributed by atoms with Gasteiger partial charge >= 0.3 is 0 Å². The van der Waals surface area contributed by atoms with Gasteiger partial charge in [-0.25, -0.2) is 0 Å². The molecule has 3 nitrogen and oxygen atoms in total. The highest BCUT2D eigenvalue weighted by molar-refractivity contribution is 5.78. The van der Waals surface area contributed by atoms with E-state index < -0.39 is 0 Å². The lowest BCUT2D eigenvalue weighted by atomic mass is 9.98. The van der Waals surface area contributed by atoms with Crippen LogP contribution in [-0.2, 0) is 0 Å². The molecule has 2 aromatic rings. The van der Waals surface area contributed by atoms with E-state index in [4.69, 9.17) is 11.0 Å². The van der Waals surface area contributed by atoms with Crippen LogP contribution in [-0.4, -0.2) is 4.98 Å². The molecular formula is C13H13N3. The summed E-state index contributed by atoms with van der Waals surface area (Å²) in [7, 11) is 0. The number of nitrogen functional groups attached to an aromatic ring is 1. The Labute approximate surface area is 94.5 Å². The number of nitriles is 1. The maximum Gasteiger partial charge on any atom is 0.119 e. The van der Waals surface area contributed by atoms with Crippen LogP contribution in [0.15, 0.2) is 24.4 Å². The summed E-state index contributed by atoms with van der Waals surface area (Å²) in [6.07, 6.45) is 1.78. The molecule has 1 heterocycles. The van der Waals surface area contributed by atoms with Crippen LogP contribution in [0.3, 0.4) is 0 Å². The molecule has 3 N–H and O–H groups in total. The van der Waals surface area contributed by atoms with Crippen LogP contribution < -0.4 is 5.73 Å². The number of rotatable bonds is 1. The van der Waals surface area contributed by atoms with Gasteiger partial charge in [-0.2, -0.15) is 5.26 Å². The second kappa shape index (κ2) is 3.74. The van der Waals surface area contributed by atoms with E-state index in [0.717, 1.165) is 16.7 Å². The van der Waals surface area contributed by atoms with Crippen LogP contribution in [0, 0.1) is 25.2 Å². The Kier molecular flexibility index (Phi) is 2.41. The zero-order valence-electron chi connectivity index (χ0n) is 9.33. The van der Waals surface area contributed by atoms with Gasteiger partial charge < -0.3 is 10.7 Å². The summed E-state index contributed by atoms with van der Waals surface area (Å²) in [4.78, 5) is 2.88. The van der Waals surface area contributed by atoms with E-state index in [1.54, 1.807) is 6.20 Å². The molecule has 1 aromatic carbocycles. The zero-order chi connectivity index (χ0) is 11.7. The number of aromatic nitrogens is 1. The van der Waals surface area contributed by atoms with Crippen LogP contribution in [0.4, 0.5) is 5.82 Å². The van der Waals surface area contributed by atoms with Crippen molar-refractivity contribution in [3.8, 4) is 17.2 Å². The first-order valence-electron chi connectivity index (χ1n) is 5.08. The van der Waals surface area contributed by atoms with Gasteiger partial charge in [-0.15, -0.1) is 0 Å². The topological polar surface area (TPSA) is 65.6 Å². The highest BCUT2D eigenvalue weighted by Gasteiger charge is 2.11. The summed E-state index contributed by atoms with van der Waals surface area (Å²) in [6.45, 7) is 4.08. The Balaban J connectivity index is 2.64. The highest BCUT2D eigenvalue weighted by atomic mass is 14.8. The van der Waals surface area contributed by atoms with Crippen molar-refractivity contribution in [1.29, 1.82) is 5.26 Å². The largest absolute Gasteiger partial charge is 0.384 e. The molecule has 0 aliphatic heterocycles. The quantitative estimate of drug-likeness (QED) is 0.761. The van der Waals surface area contributed by atoms with Crippen molar-refractivity contribution in [1.82, 2.24) is 4.98 Å². The average Bonchev–Trinajstić information content (AvgIpc) is 2.59. The molecule has 0 saturated carbocycles. The van der Waals surface area contributed by atoms with Crippen molar-refractivity contribution in [2.75, 3.05) is 5.73 Å². The lowest BCUT2D eigenvalue weighted by Gasteiger charge is -2.05. The third-order valence-electron chi connectivity index (χ3n) is 2.69. The Bertz CT molecular complexity index is 573. The predicted molar refractivity (Wildman–Crippen MR) is 64.8 cm³/mol. The van der Waals surface area contributed by atoms with Gasteiger partial charge in [-0.1, -0.05) is 23.8 Å². The van der Waals surface area contributed by atoms with Crippen molar-refractivity contribution in [2.45, 2.75) is 13.8 Å². The minimum absolute atomic E-state index is 0.428. The van der Waals surface area contributed by atoms with E-state index >= 15 is 0 Å². The van der Waals surface area contributed by atoms with Gasteiger partial charge in [-0.05, 0) is 25.0 Å². The van der Waals surface area contributed by atoms with E-state index in [-0.39, 0.29) is 0 Å². The first-order chi connectivity index (χ1) is 7.63. The Morgan fingerprint density at radius 3 is 2.62 bits per heavy atom. The molecule has 16 heavy (non-hydrogen) atoms. The number of nitrogens with zero attached hydrogens (tertiary/aromatic N) is 1. The van der Waals surface area contributed by atoms with Gasteiger partial charge in [0.25, 0.3) is 0 Å². The first-order valence-corrected chi connectivity index (χ1v) is 5.08. The minimum Gasteiger partial charge on any atom is -0.384 e. The number of benzene rings is 1. The van der Waals surface area contributed by atoms with E-state index in [2.05, 4.69) is 17.1 Å². The standard InChI is InChI=1S/C13H13N3/c1-8-3-4-10(9(2)5-8)12-7-16-13(15)11(12)6-14/h3-5,7,16H,15H2,1-2H3. The molecule has 0 saturated heterocycles. The normalized spacial score (nSPS) is 10.1. The molecule has 1 aromatic heterocycles. The molecule has 0 unspecified atom stereocenters. The lowest BCUT2D eigenvalue weighted by molar-refractivity contribution is 1.38. The second-order valence-electron chi connectivity index (χ2n) is 3.92. The van der Waals surface area contributed by atoms with Crippen LogP contribution in [0.25, 0.3) is 11.1 Å². The zero-order valence-corrected chi connectivity index (χ0v) is 9.33. The summed E-state index contributed by atoms with van der Waals surface area (Å²) in [5.41, 5.74) is 10.5. The van der Waals surface area contributed by atoms with Gasteiger partial charge in [0.1, 0.15) is 17.5 Å². The molecule has 0 aliphatic carbocycles. The third kappa shape index (κ3) is 1.55. The van der Waals surface area contributed by atoms with Gasteiger partial charge in [0.2, 0.25) is 0 Å². The van der Waals surface area contributed by atoms with Gasteiger partial charge in [0.05, 0.1) is 0 Å². The number of hydrogen-bond acceptors (Lipinski definition) is 2. The number of aryl methyl sites for hydroxylation is 2. The molecule has 0 bridgehead atoms. The van der Waals surface area contributed by atoms with Crippen LogP contribution in [0.5, 0.6) is 0 Å². The van der Waals surface area contributed by atoms with Crippen molar-refractivity contribution < 1.29 is 0 Å². The summed E-state index contributed by atoms with van der Waals surface area (Å²) in [6, 6.07) is 8.28. The van der Waals surface area contributed by atoms with E-state index in [9.17, 15) is 0 Å². The summed E-state index contributed by atoms with van der Waals surface area (Å²) in [5, 5.41) is 9.04. The molecule has 0 fully saturated rings. The second-order valence-corrected chi connectivity index (χ2v) is 3.92. The molecule has 2 rings (SSSR count). The molecule has 0 aliphatic rings. The molecular weight excluding hydrogens is 198 g/mol. The van der Waals surface area contributed by atoms with E-state index in [1.807, 2.05) is 26.0 Å². The number of anilines is 1. The van der Waals surface area contributed by atoms with Gasteiger partial charge in [-0.3, -0.25) is 0 Å². The first kappa shape index (κ1) is 10.3. The van der Waals surface area contributed by atoms with Gasteiger partial charge in [0.15, 0.2) is 0 Å². The van der Waals surface area contributed by atoms with E-state index in [0.29, 0.717) is 11.4 Å². The third-order valence-corrected chi connectivity index (χ3v) is 2.69. The molecule has 0 radical (unpaired) electrons. The van der Waals surface area contributed by atoms with Crippen molar-refractivity contribution in [3.63, 3.8) is 0 Å². The monoisotopic (exact) mass is 211 g/mol. The van der Waals surface area contributed by atoms with Crippen molar-refractivity contribution >= 4 is 5.82 Å². The Morgan fingerprint density at radius 2 is 2.00 bits per heavy atom. The fraction of sp³-hybridized carbons (Fsp3) is 0.154. The summed E-state index contributed by atoms with van der Waals surface area (Å²) < 4.78 is 0. The minimum atomic E-state index is 0.428. The summed E-state index contributed by atoms with van der Waals surface area (Å²) >= 11 is 0. The number of nitrogens with one attached hydrogen (secondary N) is 1. The Morgan fingerprint density at radius 1 is 1.25 bits per heavy atom. The number of hydrogen-bond donors (Lipinski definition) is 2. The Hall–Kier alpha value is -2.21. The molecule has 0 atom stereocenters. The average molecular weight is 211 g/mol. The number of nitrogens with two attached hydrogens (primary N) is 1. The molecule has 3 heteroatoms. The number of H-pyrrole nitrogens is 1. The predicted octanol–water partition coefficient (Wildman–Crippen LogP) is 2.75. The highest BCUT2D eigenvalue weighted by Crippen LogP contribution is 2.29. The van der Waals surface area contributed by atoms with E-state index in [1.165, 1.54) is 5.56 Å². The lowest BCUT2D eigenvalue weighted by Crippen LogP contribution is -1.89. The summed E-state index contributed by atoms with van der Waals surface area (Å²) in [5.74, 6) is 0.428. The van der Waals surface area contributed by atoms with Crippen LogP contribution >= 0.6 is 0 Å². The van der Waals surface area contributed by atoms with Crippen molar-refractivity contribution in [3.05, 3.63) is 41.1 Å². The molecule has 80 valence electrons. The maximum atomic E-state index is 9.04. The maximum absolute atomic E-state index is 9.04. The molecule has 0 spiro atoms. The smallest absolute Gasteiger partial charge is 0.119 e. The van der Waals surface area contributed by atoms with Crippen LogP contribution in [0.2, 0.25) is 0 Å². The fourth-order valence-corrected chi connectivity index (χ4v) is 1.89. The van der Waals surface area contributed by atoms with Gasteiger partial charge in [0, 0.05) is 11.8 Å². The SMILES string of the molecule is Cc1ccc(-c2c[nH]c(N)c2C#N)c(C)c1. The number of aromatic amines is 1. The molecule has 0 amide bonds. The van der Waals surface area contributed by atoms with Crippen molar-refractivity contribution in [2.24, 2.45) is 0 Å². The van der Waals surface area contributed by atoms with Crippen LogP contribution in [0.1, 0.15) is 16.7 Å². The fourth-order valence-electron chi connectivity index (χ4n) is 1.89.